The van der Waals surface area contributed by atoms with Gasteiger partial charge in [0, 0.05) is 18.2 Å². The van der Waals surface area contributed by atoms with Crippen molar-refractivity contribution in [2.45, 2.75) is 23.6 Å². The Balaban J connectivity index is 0.000000322. The van der Waals surface area contributed by atoms with Gasteiger partial charge in [-0.05, 0) is 57.3 Å². The SMILES string of the molecule is CNS(=O)(=O)c1ccc(C)cc1.Cc1ccc(S(=O)(=O)NCCOc2ccc(C(=O)c3ccccc3)c(O)c2)cc1. The molecule has 0 aliphatic rings. The van der Waals surface area contributed by atoms with E-state index in [1.807, 2.05) is 13.8 Å². The summed E-state index contributed by atoms with van der Waals surface area (Å²) in [5.41, 5.74) is 2.66. The Bertz CT molecular complexity index is 1670. The largest absolute Gasteiger partial charge is 0.507 e. The van der Waals surface area contributed by atoms with Crippen molar-refractivity contribution in [3.05, 3.63) is 119 Å². The summed E-state index contributed by atoms with van der Waals surface area (Å²) in [6.07, 6.45) is 0. The molecule has 0 saturated carbocycles. The summed E-state index contributed by atoms with van der Waals surface area (Å²) in [7, 11) is -5.48. The number of ketones is 1. The van der Waals surface area contributed by atoms with Crippen LogP contribution in [-0.2, 0) is 20.0 Å². The van der Waals surface area contributed by atoms with Crippen molar-refractivity contribution in [3.8, 4) is 11.5 Å². The molecule has 216 valence electrons. The van der Waals surface area contributed by atoms with E-state index in [0.717, 1.165) is 11.1 Å². The number of carbonyl (C=O) groups excluding carboxylic acids is 1. The number of rotatable bonds is 10. The van der Waals surface area contributed by atoms with Gasteiger partial charge in [0.1, 0.15) is 18.1 Å². The Morgan fingerprint density at radius 2 is 1.29 bits per heavy atom. The van der Waals surface area contributed by atoms with Gasteiger partial charge in [0.2, 0.25) is 20.0 Å². The molecule has 0 aliphatic carbocycles. The van der Waals surface area contributed by atoms with E-state index in [1.54, 1.807) is 84.9 Å². The zero-order chi connectivity index (χ0) is 30.0. The number of hydrogen-bond acceptors (Lipinski definition) is 7. The molecule has 0 aromatic heterocycles. The molecular formula is C30H32N2O7S2. The van der Waals surface area contributed by atoms with Crippen molar-refractivity contribution in [1.29, 1.82) is 0 Å². The molecule has 0 saturated heterocycles. The van der Waals surface area contributed by atoms with Crippen LogP contribution in [0.2, 0.25) is 0 Å². The summed E-state index contributed by atoms with van der Waals surface area (Å²) < 4.78 is 57.0. The molecule has 0 atom stereocenters. The first-order chi connectivity index (χ1) is 19.4. The highest BCUT2D eigenvalue weighted by Gasteiger charge is 2.15. The molecule has 4 aromatic carbocycles. The zero-order valence-corrected chi connectivity index (χ0v) is 24.5. The van der Waals surface area contributed by atoms with Crippen LogP contribution in [-0.4, -0.2) is 47.9 Å². The number of phenols is 1. The number of benzene rings is 4. The number of hydrogen-bond donors (Lipinski definition) is 3. The number of phenolic OH excluding ortho intramolecular Hbond substituents is 1. The molecule has 0 radical (unpaired) electrons. The normalized spacial score (nSPS) is 11.3. The van der Waals surface area contributed by atoms with E-state index in [0.29, 0.717) is 16.2 Å². The fraction of sp³-hybridized carbons (Fsp3) is 0.167. The van der Waals surface area contributed by atoms with E-state index in [-0.39, 0.29) is 35.1 Å². The molecule has 4 aromatic rings. The van der Waals surface area contributed by atoms with Crippen molar-refractivity contribution in [2.24, 2.45) is 0 Å². The second kappa shape index (κ2) is 14.0. The van der Waals surface area contributed by atoms with Crippen LogP contribution < -0.4 is 14.2 Å². The second-order valence-electron chi connectivity index (χ2n) is 8.95. The molecule has 9 nitrogen and oxygen atoms in total. The number of carbonyl (C=O) groups is 1. The first kappa shape index (κ1) is 31.5. The Hall–Kier alpha value is -4.03. The van der Waals surface area contributed by atoms with Crippen LogP contribution in [0, 0.1) is 13.8 Å². The third-order valence-electron chi connectivity index (χ3n) is 5.84. The minimum Gasteiger partial charge on any atom is -0.507 e. The smallest absolute Gasteiger partial charge is 0.240 e. The maximum Gasteiger partial charge on any atom is 0.240 e. The van der Waals surface area contributed by atoms with Gasteiger partial charge in [-0.3, -0.25) is 4.79 Å². The average Bonchev–Trinajstić information content (AvgIpc) is 2.96. The fourth-order valence-corrected chi connectivity index (χ4v) is 5.26. The van der Waals surface area contributed by atoms with Crippen molar-refractivity contribution in [2.75, 3.05) is 20.2 Å². The lowest BCUT2D eigenvalue weighted by Gasteiger charge is -2.10. The average molecular weight is 597 g/mol. The van der Waals surface area contributed by atoms with E-state index >= 15 is 0 Å². The minimum atomic E-state index is -3.61. The molecule has 0 heterocycles. The molecule has 0 unspecified atom stereocenters. The van der Waals surface area contributed by atoms with E-state index in [4.69, 9.17) is 4.74 Å². The summed E-state index contributed by atoms with van der Waals surface area (Å²) in [5.74, 6) is -0.154. The first-order valence-corrected chi connectivity index (χ1v) is 15.5. The Morgan fingerprint density at radius 1 is 0.756 bits per heavy atom. The van der Waals surface area contributed by atoms with E-state index in [2.05, 4.69) is 9.44 Å². The van der Waals surface area contributed by atoms with Crippen LogP contribution in [0.25, 0.3) is 0 Å². The van der Waals surface area contributed by atoms with Gasteiger partial charge in [-0.25, -0.2) is 26.3 Å². The molecule has 0 aliphatic heterocycles. The lowest BCUT2D eigenvalue weighted by atomic mass is 10.0. The van der Waals surface area contributed by atoms with Crippen molar-refractivity contribution in [1.82, 2.24) is 9.44 Å². The van der Waals surface area contributed by atoms with Gasteiger partial charge in [0.15, 0.2) is 5.78 Å². The van der Waals surface area contributed by atoms with Gasteiger partial charge < -0.3 is 9.84 Å². The minimum absolute atomic E-state index is 0.0572. The van der Waals surface area contributed by atoms with Crippen LogP contribution in [0.1, 0.15) is 27.0 Å². The van der Waals surface area contributed by atoms with Crippen molar-refractivity contribution >= 4 is 25.8 Å². The molecule has 0 spiro atoms. The molecule has 0 amide bonds. The molecule has 0 fully saturated rings. The van der Waals surface area contributed by atoms with Gasteiger partial charge in [0.25, 0.3) is 0 Å². The summed E-state index contributed by atoms with van der Waals surface area (Å²) >= 11 is 0. The highest BCUT2D eigenvalue weighted by atomic mass is 32.2. The third kappa shape index (κ3) is 8.98. The molecule has 41 heavy (non-hydrogen) atoms. The number of aromatic hydroxyl groups is 1. The van der Waals surface area contributed by atoms with Gasteiger partial charge in [0.05, 0.1) is 15.4 Å². The van der Waals surface area contributed by atoms with Crippen molar-refractivity contribution in [3.63, 3.8) is 0 Å². The van der Waals surface area contributed by atoms with Gasteiger partial charge in [-0.1, -0.05) is 65.7 Å². The predicted octanol–water partition coefficient (Wildman–Crippen LogP) is 4.19. The summed E-state index contributed by atoms with van der Waals surface area (Å²) in [6.45, 7) is 3.92. The summed E-state index contributed by atoms with van der Waals surface area (Å²) in [6, 6.07) is 26.3. The Labute approximate surface area is 240 Å². The van der Waals surface area contributed by atoms with Crippen LogP contribution in [0.15, 0.2) is 107 Å². The summed E-state index contributed by atoms with van der Waals surface area (Å²) in [4.78, 5) is 12.9. The number of nitrogens with one attached hydrogen (secondary N) is 2. The Morgan fingerprint density at radius 3 is 1.80 bits per heavy atom. The molecular weight excluding hydrogens is 564 g/mol. The standard InChI is InChI=1S/C22H21NO5S.C8H11NO2S/c1-16-7-10-19(11-8-16)29(26,27)23-13-14-28-18-9-12-20(21(24)15-18)22(25)17-5-3-2-4-6-17;1-7-3-5-8(6-4-7)12(10,11)9-2/h2-12,15,23-24H,13-14H2,1H3;3-6,9H,1-2H3. The quantitative estimate of drug-likeness (QED) is 0.184. The van der Waals surface area contributed by atoms with Crippen LogP contribution in [0.5, 0.6) is 11.5 Å². The molecule has 0 bridgehead atoms. The fourth-order valence-electron chi connectivity index (χ4n) is 3.52. The van der Waals surface area contributed by atoms with E-state index in [9.17, 15) is 26.7 Å². The third-order valence-corrected chi connectivity index (χ3v) is 8.75. The van der Waals surface area contributed by atoms with Crippen LogP contribution in [0.4, 0.5) is 0 Å². The molecule has 11 heteroatoms. The first-order valence-electron chi connectivity index (χ1n) is 12.5. The zero-order valence-electron chi connectivity index (χ0n) is 22.9. The van der Waals surface area contributed by atoms with Crippen molar-refractivity contribution < 1.29 is 31.5 Å². The predicted molar refractivity (Wildman–Crippen MR) is 157 cm³/mol. The second-order valence-corrected chi connectivity index (χ2v) is 12.6. The number of aryl methyl sites for hydroxylation is 2. The van der Waals surface area contributed by atoms with E-state index in [1.165, 1.54) is 19.2 Å². The van der Waals surface area contributed by atoms with E-state index < -0.39 is 20.0 Å². The molecule has 4 rings (SSSR count). The monoisotopic (exact) mass is 596 g/mol. The van der Waals surface area contributed by atoms with Gasteiger partial charge in [-0.15, -0.1) is 0 Å². The molecule has 3 N–H and O–H groups in total. The Kier molecular flexibility index (Phi) is 10.8. The highest BCUT2D eigenvalue weighted by Crippen LogP contribution is 2.26. The maximum atomic E-state index is 12.4. The van der Waals surface area contributed by atoms with Gasteiger partial charge in [-0.2, -0.15) is 0 Å². The van der Waals surface area contributed by atoms with Gasteiger partial charge >= 0.3 is 0 Å². The lowest BCUT2D eigenvalue weighted by molar-refractivity contribution is 0.103. The maximum absolute atomic E-state index is 12.4. The number of sulfonamides is 2. The van der Waals surface area contributed by atoms with Crippen LogP contribution in [0.3, 0.4) is 0 Å². The highest BCUT2D eigenvalue weighted by molar-refractivity contribution is 7.89. The lowest BCUT2D eigenvalue weighted by Crippen LogP contribution is -2.28. The topological polar surface area (TPSA) is 139 Å². The number of ether oxygens (including phenoxy) is 1. The van der Waals surface area contributed by atoms with Crippen LogP contribution >= 0.6 is 0 Å². The summed E-state index contributed by atoms with van der Waals surface area (Å²) in [5, 5.41) is 10.2.